The standard InChI is InChI=1S/C40H51N3O8S.CH4/c1-25(2)50-34(45)20-27-12-8-6-5-7-9-13-28-21-40(28,37(47)42-52(48,49)38(4)18-19-38)23-33(44)32-22-39(24-43(32)36(27)46)17-16-30-29-14-10-11-15-31(29)41-26(3)35(30)51-39;/h9-11,13-15,25,27-28,32H,5-8,12,16-24H2,1-4H3,(H,42,47);1H4/b13-9-;/t27-,28-,32+,39-,40-;/m1./s1. The van der Waals surface area contributed by atoms with Crippen molar-refractivity contribution in [2.75, 3.05) is 6.54 Å². The number of nitrogens with one attached hydrogen (secondary N) is 1. The van der Waals surface area contributed by atoms with Gasteiger partial charge in [0.2, 0.25) is 21.8 Å². The minimum atomic E-state index is -3.92. The largest absolute Gasteiger partial charge is 0.483 e. The van der Waals surface area contributed by atoms with Crippen molar-refractivity contribution in [2.45, 2.75) is 141 Å². The minimum Gasteiger partial charge on any atom is -0.483 e. The van der Waals surface area contributed by atoms with Crippen LogP contribution in [0.3, 0.4) is 0 Å². The first-order valence-corrected chi connectivity index (χ1v) is 20.5. The lowest BCUT2D eigenvalue weighted by Gasteiger charge is -2.36. The minimum absolute atomic E-state index is 0. The molecule has 1 aromatic carbocycles. The Morgan fingerprint density at radius 1 is 1.09 bits per heavy atom. The van der Waals surface area contributed by atoms with Crippen LogP contribution in [0.15, 0.2) is 36.4 Å². The van der Waals surface area contributed by atoms with Crippen molar-refractivity contribution in [1.82, 2.24) is 14.6 Å². The Morgan fingerprint density at radius 3 is 2.58 bits per heavy atom. The second kappa shape index (κ2) is 14.5. The first kappa shape index (κ1) is 38.9. The van der Waals surface area contributed by atoms with Crippen molar-refractivity contribution in [1.29, 1.82) is 0 Å². The molecule has 12 heteroatoms. The van der Waals surface area contributed by atoms with Gasteiger partial charge in [0.1, 0.15) is 11.4 Å². The zero-order valence-electron chi connectivity index (χ0n) is 30.7. The van der Waals surface area contributed by atoms with Crippen LogP contribution >= 0.6 is 0 Å². The summed E-state index contributed by atoms with van der Waals surface area (Å²) < 4.78 is 40.1. The number of fused-ring (bicyclic) bond motifs is 5. The summed E-state index contributed by atoms with van der Waals surface area (Å²) in [6.45, 7) is 7.23. The van der Waals surface area contributed by atoms with Gasteiger partial charge in [0.15, 0.2) is 5.78 Å². The molecular weight excluding hydrogens is 695 g/mol. The average Bonchev–Trinajstić information content (AvgIpc) is 3.98. The van der Waals surface area contributed by atoms with Gasteiger partial charge in [0, 0.05) is 29.7 Å². The van der Waals surface area contributed by atoms with Gasteiger partial charge in [-0.2, -0.15) is 0 Å². The number of ketones is 1. The number of hydrogen-bond acceptors (Lipinski definition) is 9. The van der Waals surface area contributed by atoms with Gasteiger partial charge in [0.25, 0.3) is 0 Å². The summed E-state index contributed by atoms with van der Waals surface area (Å²) in [4.78, 5) is 62.7. The van der Waals surface area contributed by atoms with Gasteiger partial charge in [-0.25, -0.2) is 13.4 Å². The topological polar surface area (TPSA) is 149 Å². The molecule has 1 aromatic heterocycles. The summed E-state index contributed by atoms with van der Waals surface area (Å²) in [5.41, 5.74) is 0.565. The van der Waals surface area contributed by atoms with E-state index in [1.807, 2.05) is 43.3 Å². The fraction of sp³-hybridized carbons (Fsp3) is 0.634. The van der Waals surface area contributed by atoms with Crippen molar-refractivity contribution in [3.8, 4) is 5.75 Å². The molecule has 3 fully saturated rings. The number of benzene rings is 1. The van der Waals surface area contributed by atoms with E-state index in [1.54, 1.807) is 25.7 Å². The van der Waals surface area contributed by atoms with Crippen molar-refractivity contribution in [3.63, 3.8) is 0 Å². The highest BCUT2D eigenvalue weighted by Gasteiger charge is 2.63. The molecule has 2 aromatic rings. The number of ether oxygens (including phenoxy) is 2. The lowest BCUT2D eigenvalue weighted by atomic mass is 9.85. The third kappa shape index (κ3) is 7.49. The summed E-state index contributed by atoms with van der Waals surface area (Å²) in [7, 11) is -3.92. The highest BCUT2D eigenvalue weighted by molar-refractivity contribution is 7.91. The summed E-state index contributed by atoms with van der Waals surface area (Å²) in [5, 5.41) is 1.01. The maximum atomic E-state index is 14.7. The summed E-state index contributed by atoms with van der Waals surface area (Å²) in [6, 6.07) is 7.02. The molecule has 0 unspecified atom stereocenters. The van der Waals surface area contributed by atoms with E-state index in [2.05, 4.69) is 4.72 Å². The summed E-state index contributed by atoms with van der Waals surface area (Å²) in [5.74, 6) is -1.99. The predicted octanol–water partition coefficient (Wildman–Crippen LogP) is 6.29. The van der Waals surface area contributed by atoms with Crippen LogP contribution in [0.2, 0.25) is 0 Å². The number of rotatable bonds is 6. The Labute approximate surface area is 313 Å². The molecule has 0 bridgehead atoms. The Morgan fingerprint density at radius 2 is 1.85 bits per heavy atom. The number of para-hydroxylation sites is 1. The lowest BCUT2D eigenvalue weighted by Crippen LogP contribution is -2.48. The molecule has 0 radical (unpaired) electrons. The third-order valence-electron chi connectivity index (χ3n) is 12.2. The summed E-state index contributed by atoms with van der Waals surface area (Å²) in [6.07, 6.45) is 9.78. The second-order valence-corrected chi connectivity index (χ2v) is 18.7. The molecule has 2 saturated carbocycles. The number of carbonyl (C=O) groups is 4. The van der Waals surface area contributed by atoms with Crippen LogP contribution in [-0.4, -0.2) is 70.9 Å². The number of Topliss-reactive ketones (excluding diaryl/α,β-unsaturated/α-hetero) is 1. The number of nitrogens with zero attached hydrogens (tertiary/aromatic N) is 2. The van der Waals surface area contributed by atoms with E-state index in [9.17, 15) is 27.6 Å². The molecule has 5 atom stereocenters. The molecule has 7 rings (SSSR count). The van der Waals surface area contributed by atoms with E-state index in [4.69, 9.17) is 14.5 Å². The number of esters is 1. The second-order valence-electron chi connectivity index (χ2n) is 16.5. The quantitative estimate of drug-likeness (QED) is 0.266. The monoisotopic (exact) mass is 749 g/mol. The van der Waals surface area contributed by atoms with Crippen LogP contribution in [0.25, 0.3) is 10.9 Å². The highest BCUT2D eigenvalue weighted by Crippen LogP contribution is 2.58. The molecule has 2 aliphatic carbocycles. The number of allylic oxidation sites excluding steroid dienone is 2. The maximum absolute atomic E-state index is 14.7. The highest BCUT2D eigenvalue weighted by atomic mass is 32.2. The van der Waals surface area contributed by atoms with E-state index < -0.39 is 49.6 Å². The van der Waals surface area contributed by atoms with Crippen LogP contribution < -0.4 is 9.46 Å². The van der Waals surface area contributed by atoms with Gasteiger partial charge in [-0.15, -0.1) is 0 Å². The number of aryl methyl sites for hydroxylation is 2. The number of aromatic nitrogens is 1. The number of pyridine rings is 1. The fourth-order valence-corrected chi connectivity index (χ4v) is 9.96. The maximum Gasteiger partial charge on any atom is 0.306 e. The Kier molecular flexibility index (Phi) is 10.6. The molecule has 11 nitrogen and oxygen atoms in total. The molecule has 3 aliphatic heterocycles. The van der Waals surface area contributed by atoms with Gasteiger partial charge >= 0.3 is 5.97 Å². The van der Waals surface area contributed by atoms with Crippen molar-refractivity contribution < 1.29 is 37.1 Å². The lowest BCUT2D eigenvalue weighted by molar-refractivity contribution is -0.153. The van der Waals surface area contributed by atoms with Crippen molar-refractivity contribution in [3.05, 3.63) is 47.7 Å². The van der Waals surface area contributed by atoms with Crippen LogP contribution in [-0.2, 0) is 40.4 Å². The number of sulfonamides is 1. The van der Waals surface area contributed by atoms with E-state index >= 15 is 0 Å². The number of carbonyl (C=O) groups excluding carboxylic acids is 4. The SMILES string of the molecule is C.Cc1nc2ccccc2c2c1O[C@]1(CC2)C[C@H]2C(=O)C[C@]3(C(=O)NS(=O)(=O)C4(C)CC4)C[C@H]3/C=C\CCCCC[C@H](CC(=O)OC(C)C)C(=O)N2C1. The van der Waals surface area contributed by atoms with Crippen LogP contribution in [0.5, 0.6) is 5.75 Å². The van der Waals surface area contributed by atoms with Gasteiger partial charge in [-0.05, 0) is 91.0 Å². The Bertz CT molecular complexity index is 1940. The Hall–Kier alpha value is -3.80. The van der Waals surface area contributed by atoms with Crippen molar-refractivity contribution in [2.24, 2.45) is 17.3 Å². The van der Waals surface area contributed by atoms with Crippen LogP contribution in [0.1, 0.15) is 117 Å². The molecule has 1 saturated heterocycles. The third-order valence-corrected chi connectivity index (χ3v) is 14.3. The average molecular weight is 750 g/mol. The molecule has 5 aliphatic rings. The van der Waals surface area contributed by atoms with Crippen LogP contribution in [0, 0.1) is 24.2 Å². The van der Waals surface area contributed by atoms with E-state index in [1.165, 1.54) is 0 Å². The molecular formula is C41H55N3O8S. The zero-order valence-corrected chi connectivity index (χ0v) is 31.6. The van der Waals surface area contributed by atoms with Gasteiger partial charge in [0.05, 0.1) is 46.5 Å². The predicted molar refractivity (Wildman–Crippen MR) is 201 cm³/mol. The molecule has 2 amide bonds. The normalized spacial score (nSPS) is 30.1. The van der Waals surface area contributed by atoms with Crippen LogP contribution in [0.4, 0.5) is 0 Å². The molecule has 1 spiro atoms. The Balaban J connectivity index is 0.00000481. The van der Waals surface area contributed by atoms with Gasteiger partial charge in [-0.1, -0.05) is 50.6 Å². The van der Waals surface area contributed by atoms with E-state index in [0.29, 0.717) is 44.3 Å². The number of hydrogen-bond donors (Lipinski definition) is 1. The van der Waals surface area contributed by atoms with E-state index in [0.717, 1.165) is 47.8 Å². The molecule has 4 heterocycles. The molecule has 53 heavy (non-hydrogen) atoms. The first-order chi connectivity index (χ1) is 24.7. The first-order valence-electron chi connectivity index (χ1n) is 19.0. The van der Waals surface area contributed by atoms with Crippen molar-refractivity contribution >= 4 is 44.5 Å². The molecule has 1 N–H and O–H groups in total. The summed E-state index contributed by atoms with van der Waals surface area (Å²) >= 11 is 0. The van der Waals surface area contributed by atoms with E-state index in [-0.39, 0.29) is 56.9 Å². The number of amides is 2. The smallest absolute Gasteiger partial charge is 0.306 e. The zero-order chi connectivity index (χ0) is 37.1. The van der Waals surface area contributed by atoms with Gasteiger partial charge in [-0.3, -0.25) is 23.9 Å². The fourth-order valence-electron chi connectivity index (χ4n) is 8.62. The molecule has 288 valence electrons. The van der Waals surface area contributed by atoms with Gasteiger partial charge < -0.3 is 14.4 Å².